The molecule has 1 aromatic carbocycles. The van der Waals surface area contributed by atoms with Crippen molar-refractivity contribution in [1.29, 1.82) is 0 Å². The second kappa shape index (κ2) is 10.2. The SMILES string of the molecule is COCCOc1ccc(C(F)(F)F)cc1NC(=O)CSc1nnc(N2CCCC2)n1C1CC1. The molecule has 1 amide bonds. The zero-order valence-corrected chi connectivity index (χ0v) is 19.0. The standard InChI is InChI=1S/C21H26F3N5O3S/c1-31-10-11-32-17-7-4-14(21(22,23)24)12-16(17)25-18(30)13-33-20-27-26-19(28-8-2-3-9-28)29(20)15-5-6-15/h4,7,12,15H,2-3,5-6,8-11,13H2,1H3,(H,25,30). The van der Waals surface area contributed by atoms with E-state index in [1.807, 2.05) is 0 Å². The average molecular weight is 486 g/mol. The van der Waals surface area contributed by atoms with Gasteiger partial charge in [0.15, 0.2) is 5.16 Å². The van der Waals surface area contributed by atoms with E-state index in [1.165, 1.54) is 24.9 Å². The molecule has 0 atom stereocenters. The van der Waals surface area contributed by atoms with Gasteiger partial charge in [0, 0.05) is 26.2 Å². The maximum absolute atomic E-state index is 13.2. The van der Waals surface area contributed by atoms with E-state index in [0.29, 0.717) is 11.2 Å². The van der Waals surface area contributed by atoms with Crippen LogP contribution in [0.4, 0.5) is 24.8 Å². The predicted molar refractivity (Wildman–Crippen MR) is 118 cm³/mol. The van der Waals surface area contributed by atoms with Crippen molar-refractivity contribution in [2.75, 3.05) is 49.4 Å². The molecule has 2 fully saturated rings. The van der Waals surface area contributed by atoms with Gasteiger partial charge in [0.1, 0.15) is 12.4 Å². The van der Waals surface area contributed by atoms with Gasteiger partial charge in [0.05, 0.1) is 23.6 Å². The molecule has 12 heteroatoms. The van der Waals surface area contributed by atoms with Gasteiger partial charge in [-0.25, -0.2) is 0 Å². The summed E-state index contributed by atoms with van der Waals surface area (Å²) in [5.74, 6) is 0.517. The van der Waals surface area contributed by atoms with E-state index in [1.54, 1.807) is 0 Å². The van der Waals surface area contributed by atoms with Crippen molar-refractivity contribution in [3.63, 3.8) is 0 Å². The maximum Gasteiger partial charge on any atom is 0.416 e. The third kappa shape index (κ3) is 5.91. The van der Waals surface area contributed by atoms with E-state index in [-0.39, 0.29) is 30.4 Å². The molecule has 1 aromatic heterocycles. The maximum atomic E-state index is 13.2. The Hall–Kier alpha value is -2.47. The highest BCUT2D eigenvalue weighted by Crippen LogP contribution is 2.41. The molecule has 2 aliphatic rings. The normalized spacial score (nSPS) is 16.3. The smallest absolute Gasteiger partial charge is 0.416 e. The third-order valence-corrected chi connectivity index (χ3v) is 6.35. The van der Waals surface area contributed by atoms with E-state index in [9.17, 15) is 18.0 Å². The monoisotopic (exact) mass is 485 g/mol. The number of amides is 1. The summed E-state index contributed by atoms with van der Waals surface area (Å²) in [4.78, 5) is 14.8. The summed E-state index contributed by atoms with van der Waals surface area (Å²) in [6.07, 6.45) is -0.204. The first-order valence-corrected chi connectivity index (χ1v) is 11.8. The van der Waals surface area contributed by atoms with Crippen molar-refractivity contribution >= 4 is 29.3 Å². The molecule has 33 heavy (non-hydrogen) atoms. The number of anilines is 2. The van der Waals surface area contributed by atoms with Crippen molar-refractivity contribution in [2.45, 2.75) is 43.1 Å². The summed E-state index contributed by atoms with van der Waals surface area (Å²) in [5, 5.41) is 11.8. The van der Waals surface area contributed by atoms with Crippen molar-refractivity contribution in [2.24, 2.45) is 0 Å². The van der Waals surface area contributed by atoms with Crippen LogP contribution in [-0.2, 0) is 15.7 Å². The number of aromatic nitrogens is 3. The minimum Gasteiger partial charge on any atom is -0.489 e. The summed E-state index contributed by atoms with van der Waals surface area (Å²) in [6, 6.07) is 3.34. The van der Waals surface area contributed by atoms with Crippen molar-refractivity contribution < 1.29 is 27.4 Å². The van der Waals surface area contributed by atoms with Crippen LogP contribution < -0.4 is 15.0 Å². The molecule has 1 aliphatic carbocycles. The summed E-state index contributed by atoms with van der Waals surface area (Å²) < 4.78 is 52.0. The second-order valence-electron chi connectivity index (χ2n) is 7.96. The Balaban J connectivity index is 1.44. The predicted octanol–water partition coefficient (Wildman–Crippen LogP) is 3.99. The molecular weight excluding hydrogens is 459 g/mol. The molecule has 0 unspecified atom stereocenters. The number of ether oxygens (including phenoxy) is 2. The minimum absolute atomic E-state index is 0.0153. The highest BCUT2D eigenvalue weighted by molar-refractivity contribution is 7.99. The first-order chi connectivity index (χ1) is 15.9. The Morgan fingerprint density at radius 1 is 1.21 bits per heavy atom. The molecule has 1 saturated carbocycles. The van der Waals surface area contributed by atoms with E-state index >= 15 is 0 Å². The molecule has 0 bridgehead atoms. The van der Waals surface area contributed by atoms with E-state index in [4.69, 9.17) is 9.47 Å². The molecule has 1 aliphatic heterocycles. The number of carbonyl (C=O) groups excluding carboxylic acids is 1. The van der Waals surface area contributed by atoms with Crippen LogP contribution in [0.15, 0.2) is 23.4 Å². The van der Waals surface area contributed by atoms with Gasteiger partial charge in [-0.15, -0.1) is 10.2 Å². The summed E-state index contributed by atoms with van der Waals surface area (Å²) in [7, 11) is 1.49. The first kappa shape index (κ1) is 23.7. The van der Waals surface area contributed by atoms with Crippen molar-refractivity contribution in [3.8, 4) is 5.75 Å². The van der Waals surface area contributed by atoms with E-state index < -0.39 is 17.6 Å². The highest BCUT2D eigenvalue weighted by Gasteiger charge is 2.33. The van der Waals surface area contributed by atoms with Crippen LogP contribution in [0, 0.1) is 0 Å². The fourth-order valence-electron chi connectivity index (χ4n) is 3.63. The number of hydrogen-bond donors (Lipinski definition) is 1. The number of halogens is 3. The summed E-state index contributed by atoms with van der Waals surface area (Å²) >= 11 is 1.23. The van der Waals surface area contributed by atoms with Gasteiger partial charge >= 0.3 is 6.18 Å². The highest BCUT2D eigenvalue weighted by atomic mass is 32.2. The Kier molecular flexibility index (Phi) is 7.32. The summed E-state index contributed by atoms with van der Waals surface area (Å²) in [6.45, 7) is 2.29. The number of carbonyl (C=O) groups is 1. The fraction of sp³-hybridized carbons (Fsp3) is 0.571. The van der Waals surface area contributed by atoms with Gasteiger partial charge in [0.2, 0.25) is 11.9 Å². The molecule has 4 rings (SSSR count). The van der Waals surface area contributed by atoms with Crippen LogP contribution in [-0.4, -0.2) is 59.8 Å². The van der Waals surface area contributed by atoms with Gasteiger partial charge in [-0.05, 0) is 43.9 Å². The van der Waals surface area contributed by atoms with Gasteiger partial charge in [0.25, 0.3) is 0 Å². The molecule has 1 N–H and O–H groups in total. The number of nitrogens with one attached hydrogen (secondary N) is 1. The molecule has 1 saturated heterocycles. The summed E-state index contributed by atoms with van der Waals surface area (Å²) in [5.41, 5.74) is -0.902. The number of rotatable bonds is 10. The second-order valence-corrected chi connectivity index (χ2v) is 8.91. The molecule has 0 radical (unpaired) electrons. The topological polar surface area (TPSA) is 81.5 Å². The van der Waals surface area contributed by atoms with E-state index in [0.717, 1.165) is 56.9 Å². The van der Waals surface area contributed by atoms with Gasteiger partial charge in [-0.1, -0.05) is 11.8 Å². The Morgan fingerprint density at radius 2 is 1.97 bits per heavy atom. The van der Waals surface area contributed by atoms with Crippen molar-refractivity contribution in [3.05, 3.63) is 23.8 Å². The number of benzene rings is 1. The zero-order valence-electron chi connectivity index (χ0n) is 18.2. The van der Waals surface area contributed by atoms with Gasteiger partial charge in [-0.3, -0.25) is 9.36 Å². The lowest BCUT2D eigenvalue weighted by Gasteiger charge is -2.18. The molecule has 2 aromatic rings. The molecule has 0 spiro atoms. The van der Waals surface area contributed by atoms with Crippen LogP contribution in [0.2, 0.25) is 0 Å². The molecule has 8 nitrogen and oxygen atoms in total. The fourth-order valence-corrected chi connectivity index (χ4v) is 4.43. The number of methoxy groups -OCH3 is 1. The van der Waals surface area contributed by atoms with Crippen LogP contribution in [0.25, 0.3) is 0 Å². The van der Waals surface area contributed by atoms with Crippen LogP contribution in [0.5, 0.6) is 5.75 Å². The quantitative estimate of drug-likeness (QED) is 0.403. The Labute approximate surface area is 193 Å². The molecular formula is C21H26F3N5O3S. The first-order valence-electron chi connectivity index (χ1n) is 10.8. The zero-order chi connectivity index (χ0) is 23.4. The Bertz CT molecular complexity index is 975. The van der Waals surface area contributed by atoms with Gasteiger partial charge in [-0.2, -0.15) is 13.2 Å². The van der Waals surface area contributed by atoms with Crippen LogP contribution in [0.3, 0.4) is 0 Å². The largest absolute Gasteiger partial charge is 0.489 e. The lowest BCUT2D eigenvalue weighted by Crippen LogP contribution is -2.22. The average Bonchev–Trinajstić information content (AvgIpc) is 3.29. The van der Waals surface area contributed by atoms with Gasteiger partial charge < -0.3 is 19.7 Å². The number of hydrogen-bond acceptors (Lipinski definition) is 7. The number of thioether (sulfide) groups is 1. The van der Waals surface area contributed by atoms with Crippen molar-refractivity contribution in [1.82, 2.24) is 14.8 Å². The molecule has 180 valence electrons. The Morgan fingerprint density at radius 3 is 2.64 bits per heavy atom. The number of alkyl halides is 3. The number of nitrogens with zero attached hydrogens (tertiary/aromatic N) is 4. The lowest BCUT2D eigenvalue weighted by atomic mass is 10.1. The minimum atomic E-state index is -4.54. The van der Waals surface area contributed by atoms with E-state index in [2.05, 4.69) is 25.0 Å². The lowest BCUT2D eigenvalue weighted by molar-refractivity contribution is -0.137. The van der Waals surface area contributed by atoms with Crippen LogP contribution in [0.1, 0.15) is 37.3 Å². The molecule has 2 heterocycles. The third-order valence-electron chi connectivity index (χ3n) is 5.41. The van der Waals surface area contributed by atoms with Crippen LogP contribution >= 0.6 is 11.8 Å².